The maximum atomic E-state index is 10.9. The molecular formula is C8H14N2O2S2. The molecule has 1 rings (SSSR count). The summed E-state index contributed by atoms with van der Waals surface area (Å²) in [5.41, 5.74) is 0.965. The zero-order chi connectivity index (χ0) is 10.6. The maximum Gasteiger partial charge on any atom is 0.247 e. The molecule has 0 radical (unpaired) electrons. The van der Waals surface area contributed by atoms with Gasteiger partial charge in [-0.2, -0.15) is 0 Å². The van der Waals surface area contributed by atoms with E-state index in [4.69, 9.17) is 5.14 Å². The van der Waals surface area contributed by atoms with Crippen molar-refractivity contribution in [3.63, 3.8) is 0 Å². The molecule has 0 bridgehead atoms. The largest absolute Gasteiger partial charge is 0.313 e. The lowest BCUT2D eigenvalue weighted by Crippen LogP contribution is -2.13. The third-order valence-corrected chi connectivity index (χ3v) is 4.10. The molecule has 0 atom stereocenters. The first-order valence-corrected chi connectivity index (χ1v) is 6.77. The summed E-state index contributed by atoms with van der Waals surface area (Å²) in [5, 5.41) is 9.98. The number of rotatable bonds is 5. The third-order valence-electron chi connectivity index (χ3n) is 1.67. The summed E-state index contributed by atoms with van der Waals surface area (Å²) in [6.45, 7) is 3.71. The van der Waals surface area contributed by atoms with E-state index in [0.717, 1.165) is 29.9 Å². The Bertz CT molecular complexity index is 384. The molecule has 1 aromatic rings. The van der Waals surface area contributed by atoms with Crippen LogP contribution in [-0.2, 0) is 16.6 Å². The summed E-state index contributed by atoms with van der Waals surface area (Å²) in [6, 6.07) is 1.61. The highest BCUT2D eigenvalue weighted by atomic mass is 32.2. The molecule has 0 aliphatic heterocycles. The molecule has 14 heavy (non-hydrogen) atoms. The van der Waals surface area contributed by atoms with Crippen LogP contribution in [0.4, 0.5) is 0 Å². The van der Waals surface area contributed by atoms with Gasteiger partial charge in [0.25, 0.3) is 0 Å². The number of nitrogens with two attached hydrogens (primary N) is 1. The second kappa shape index (κ2) is 4.88. The lowest BCUT2D eigenvalue weighted by Gasteiger charge is -1.98. The highest BCUT2D eigenvalue weighted by molar-refractivity contribution is 7.91. The SMILES string of the molecule is CCCNCc1csc(S(N)(=O)=O)c1. The van der Waals surface area contributed by atoms with Gasteiger partial charge in [0.2, 0.25) is 10.0 Å². The molecular weight excluding hydrogens is 220 g/mol. The molecule has 0 fully saturated rings. The molecule has 80 valence electrons. The molecule has 3 N–H and O–H groups in total. The van der Waals surface area contributed by atoms with Crippen LogP contribution in [-0.4, -0.2) is 15.0 Å². The topological polar surface area (TPSA) is 72.2 Å². The fraction of sp³-hybridized carbons (Fsp3) is 0.500. The summed E-state index contributed by atoms with van der Waals surface area (Å²) >= 11 is 1.16. The molecule has 0 spiro atoms. The van der Waals surface area contributed by atoms with Gasteiger partial charge in [-0.15, -0.1) is 11.3 Å². The number of hydrogen-bond acceptors (Lipinski definition) is 4. The molecule has 0 aliphatic carbocycles. The fourth-order valence-electron chi connectivity index (χ4n) is 1.00. The first-order chi connectivity index (χ1) is 6.54. The van der Waals surface area contributed by atoms with Crippen molar-refractivity contribution in [3.05, 3.63) is 17.0 Å². The van der Waals surface area contributed by atoms with Crippen molar-refractivity contribution in [2.75, 3.05) is 6.54 Å². The smallest absolute Gasteiger partial charge is 0.247 e. The van der Waals surface area contributed by atoms with Gasteiger partial charge in [0.1, 0.15) is 4.21 Å². The first kappa shape index (κ1) is 11.6. The zero-order valence-corrected chi connectivity index (χ0v) is 9.62. The Labute approximate surface area is 88.2 Å². The Kier molecular flexibility index (Phi) is 4.06. The van der Waals surface area contributed by atoms with Gasteiger partial charge in [-0.1, -0.05) is 6.92 Å². The minimum Gasteiger partial charge on any atom is -0.313 e. The molecule has 0 amide bonds. The van der Waals surface area contributed by atoms with Crippen LogP contribution >= 0.6 is 11.3 Å². The maximum absolute atomic E-state index is 10.9. The number of hydrogen-bond donors (Lipinski definition) is 2. The number of primary sulfonamides is 1. The highest BCUT2D eigenvalue weighted by Crippen LogP contribution is 2.18. The van der Waals surface area contributed by atoms with Crippen LogP contribution < -0.4 is 10.5 Å². The van der Waals surface area contributed by atoms with Gasteiger partial charge >= 0.3 is 0 Å². The average Bonchev–Trinajstić information content (AvgIpc) is 2.52. The molecule has 1 aromatic heterocycles. The van der Waals surface area contributed by atoms with Crippen LogP contribution in [0.25, 0.3) is 0 Å². The summed E-state index contributed by atoms with van der Waals surface area (Å²) in [5.74, 6) is 0. The monoisotopic (exact) mass is 234 g/mol. The highest BCUT2D eigenvalue weighted by Gasteiger charge is 2.10. The van der Waals surface area contributed by atoms with E-state index in [9.17, 15) is 8.42 Å². The minimum absolute atomic E-state index is 0.228. The number of thiophene rings is 1. The van der Waals surface area contributed by atoms with Crippen molar-refractivity contribution >= 4 is 21.4 Å². The van der Waals surface area contributed by atoms with Crippen LogP contribution in [0.1, 0.15) is 18.9 Å². The predicted octanol–water partition coefficient (Wildman–Crippen LogP) is 0.895. The summed E-state index contributed by atoms with van der Waals surface area (Å²) in [6.07, 6.45) is 1.06. The van der Waals surface area contributed by atoms with E-state index >= 15 is 0 Å². The van der Waals surface area contributed by atoms with E-state index < -0.39 is 10.0 Å². The van der Waals surface area contributed by atoms with Crippen molar-refractivity contribution in [2.45, 2.75) is 24.1 Å². The van der Waals surface area contributed by atoms with Gasteiger partial charge < -0.3 is 5.32 Å². The van der Waals surface area contributed by atoms with E-state index in [-0.39, 0.29) is 4.21 Å². The van der Waals surface area contributed by atoms with Crippen LogP contribution in [0.5, 0.6) is 0 Å². The van der Waals surface area contributed by atoms with Gasteiger partial charge in [0, 0.05) is 6.54 Å². The molecule has 6 heteroatoms. The average molecular weight is 234 g/mol. The van der Waals surface area contributed by atoms with Crippen molar-refractivity contribution in [2.24, 2.45) is 5.14 Å². The summed E-state index contributed by atoms with van der Waals surface area (Å²) in [7, 11) is -3.52. The molecule has 0 unspecified atom stereocenters. The molecule has 0 aliphatic rings. The van der Waals surface area contributed by atoms with Crippen LogP contribution in [0.2, 0.25) is 0 Å². The second-order valence-electron chi connectivity index (χ2n) is 3.00. The van der Waals surface area contributed by atoms with Crippen LogP contribution in [0, 0.1) is 0 Å². The van der Waals surface area contributed by atoms with E-state index in [2.05, 4.69) is 12.2 Å². The Morgan fingerprint density at radius 2 is 2.29 bits per heavy atom. The Morgan fingerprint density at radius 1 is 1.57 bits per heavy atom. The van der Waals surface area contributed by atoms with Gasteiger partial charge in [0.15, 0.2) is 0 Å². The van der Waals surface area contributed by atoms with Crippen molar-refractivity contribution in [1.82, 2.24) is 5.32 Å². The van der Waals surface area contributed by atoms with Gasteiger partial charge in [-0.05, 0) is 30.0 Å². The van der Waals surface area contributed by atoms with E-state index in [1.165, 1.54) is 0 Å². The van der Waals surface area contributed by atoms with Crippen LogP contribution in [0.3, 0.4) is 0 Å². The van der Waals surface area contributed by atoms with Crippen LogP contribution in [0.15, 0.2) is 15.7 Å². The molecule has 4 nitrogen and oxygen atoms in total. The van der Waals surface area contributed by atoms with Crippen molar-refractivity contribution in [1.29, 1.82) is 0 Å². The second-order valence-corrected chi connectivity index (χ2v) is 5.70. The Morgan fingerprint density at radius 3 is 2.79 bits per heavy atom. The van der Waals surface area contributed by atoms with E-state index in [1.54, 1.807) is 6.07 Å². The fourth-order valence-corrected chi connectivity index (χ4v) is 2.64. The normalized spacial score (nSPS) is 11.9. The quantitative estimate of drug-likeness (QED) is 0.743. The lowest BCUT2D eigenvalue weighted by molar-refractivity contribution is 0.599. The summed E-state index contributed by atoms with van der Waals surface area (Å²) < 4.78 is 22.1. The predicted molar refractivity (Wildman–Crippen MR) is 57.7 cm³/mol. The first-order valence-electron chi connectivity index (χ1n) is 4.35. The molecule has 1 heterocycles. The molecule has 0 aromatic carbocycles. The van der Waals surface area contributed by atoms with Crippen molar-refractivity contribution in [3.8, 4) is 0 Å². The Hall–Kier alpha value is -0.430. The molecule has 0 saturated heterocycles. The van der Waals surface area contributed by atoms with Gasteiger partial charge in [-0.25, -0.2) is 13.6 Å². The van der Waals surface area contributed by atoms with Gasteiger partial charge in [0.05, 0.1) is 0 Å². The van der Waals surface area contributed by atoms with E-state index in [1.807, 2.05) is 5.38 Å². The van der Waals surface area contributed by atoms with Crippen molar-refractivity contribution < 1.29 is 8.42 Å². The minimum atomic E-state index is -3.52. The standard InChI is InChI=1S/C8H14N2O2S2/c1-2-3-10-5-7-4-8(13-6-7)14(9,11)12/h4,6,10H,2-3,5H2,1H3,(H2,9,11,12). The third kappa shape index (κ3) is 3.38. The zero-order valence-electron chi connectivity index (χ0n) is 7.99. The molecule has 0 saturated carbocycles. The Balaban J connectivity index is 2.60. The van der Waals surface area contributed by atoms with E-state index in [0.29, 0.717) is 6.54 Å². The lowest BCUT2D eigenvalue weighted by atomic mass is 10.3. The van der Waals surface area contributed by atoms with Gasteiger partial charge in [-0.3, -0.25) is 0 Å². The number of nitrogens with one attached hydrogen (secondary N) is 1. The number of sulfonamides is 1. The summed E-state index contributed by atoms with van der Waals surface area (Å²) in [4.78, 5) is 0.